The molecule has 2 rings (SSSR count). The number of aliphatic hydroxyl groups is 1. The van der Waals surface area contributed by atoms with Crippen molar-refractivity contribution in [1.29, 1.82) is 0 Å². The zero-order valence-electron chi connectivity index (χ0n) is 11.4. The fraction of sp³-hybridized carbons (Fsp3) is 0.188. The fourth-order valence-electron chi connectivity index (χ4n) is 1.66. The van der Waals surface area contributed by atoms with Crippen molar-refractivity contribution < 1.29 is 14.3 Å². The van der Waals surface area contributed by atoms with Gasteiger partial charge in [-0.2, -0.15) is 0 Å². The van der Waals surface area contributed by atoms with Crippen LogP contribution in [0.4, 0.5) is 10.1 Å². The van der Waals surface area contributed by atoms with Gasteiger partial charge in [-0.15, -0.1) is 11.3 Å². The lowest BCUT2D eigenvalue weighted by molar-refractivity contribution is 0.103. The molecular weight excluding hydrogens is 289 g/mol. The maximum absolute atomic E-state index is 13.6. The standard InChI is InChI=1S/C16H14FNO2S/c1-11-5-8-15(21-11)16(20)18-13-6-7-14(17)12(10-13)4-2-3-9-19/h5-8,10,19H,3,9H2,1H3,(H,18,20). The second-order valence-corrected chi connectivity index (χ2v) is 5.62. The van der Waals surface area contributed by atoms with Crippen molar-refractivity contribution in [3.63, 3.8) is 0 Å². The monoisotopic (exact) mass is 303 g/mol. The molecule has 0 radical (unpaired) electrons. The molecule has 1 aromatic heterocycles. The van der Waals surface area contributed by atoms with Gasteiger partial charge in [0.05, 0.1) is 17.0 Å². The van der Waals surface area contributed by atoms with Gasteiger partial charge in [0.15, 0.2) is 0 Å². The number of halogens is 1. The van der Waals surface area contributed by atoms with Gasteiger partial charge in [0.25, 0.3) is 5.91 Å². The smallest absolute Gasteiger partial charge is 0.265 e. The number of benzene rings is 1. The first kappa shape index (κ1) is 15.2. The molecule has 2 aromatic rings. The van der Waals surface area contributed by atoms with E-state index in [0.717, 1.165) is 4.88 Å². The third-order valence-corrected chi connectivity index (χ3v) is 3.65. The van der Waals surface area contributed by atoms with Gasteiger partial charge in [-0.05, 0) is 37.3 Å². The van der Waals surface area contributed by atoms with Gasteiger partial charge in [0.1, 0.15) is 5.82 Å². The summed E-state index contributed by atoms with van der Waals surface area (Å²) in [6.07, 6.45) is 0.282. The van der Waals surface area contributed by atoms with Crippen molar-refractivity contribution in [2.75, 3.05) is 11.9 Å². The maximum Gasteiger partial charge on any atom is 0.265 e. The van der Waals surface area contributed by atoms with Gasteiger partial charge < -0.3 is 10.4 Å². The molecule has 0 aliphatic heterocycles. The van der Waals surface area contributed by atoms with Gasteiger partial charge in [-0.3, -0.25) is 4.79 Å². The molecule has 0 spiro atoms. The molecule has 1 heterocycles. The first-order valence-electron chi connectivity index (χ1n) is 6.37. The Hall–Kier alpha value is -2.16. The Morgan fingerprint density at radius 2 is 2.19 bits per heavy atom. The largest absolute Gasteiger partial charge is 0.395 e. The van der Waals surface area contributed by atoms with E-state index in [1.807, 2.05) is 13.0 Å². The summed E-state index contributed by atoms with van der Waals surface area (Å²) in [7, 11) is 0. The molecule has 108 valence electrons. The van der Waals surface area contributed by atoms with E-state index in [1.165, 1.54) is 29.5 Å². The summed E-state index contributed by atoms with van der Waals surface area (Å²) >= 11 is 1.40. The molecule has 21 heavy (non-hydrogen) atoms. The average Bonchev–Trinajstić information content (AvgIpc) is 2.89. The van der Waals surface area contributed by atoms with E-state index in [2.05, 4.69) is 17.2 Å². The number of hydrogen-bond acceptors (Lipinski definition) is 3. The number of nitrogens with one attached hydrogen (secondary N) is 1. The topological polar surface area (TPSA) is 49.3 Å². The number of amides is 1. The highest BCUT2D eigenvalue weighted by Gasteiger charge is 2.09. The highest BCUT2D eigenvalue weighted by Crippen LogP contribution is 2.19. The van der Waals surface area contributed by atoms with Crippen LogP contribution in [0, 0.1) is 24.6 Å². The average molecular weight is 303 g/mol. The number of anilines is 1. The summed E-state index contributed by atoms with van der Waals surface area (Å²) in [5.41, 5.74) is 0.685. The third-order valence-electron chi connectivity index (χ3n) is 2.65. The van der Waals surface area contributed by atoms with Crippen LogP contribution in [0.5, 0.6) is 0 Å². The fourth-order valence-corrected chi connectivity index (χ4v) is 2.42. The Balaban J connectivity index is 2.16. The molecule has 2 N–H and O–H groups in total. The second kappa shape index (κ2) is 7.02. The van der Waals surface area contributed by atoms with E-state index in [1.54, 1.807) is 6.07 Å². The molecular formula is C16H14FNO2S. The molecule has 1 aromatic carbocycles. The zero-order valence-corrected chi connectivity index (χ0v) is 12.3. The minimum Gasteiger partial charge on any atom is -0.395 e. The normalized spacial score (nSPS) is 9.86. The van der Waals surface area contributed by atoms with Crippen molar-refractivity contribution >= 4 is 22.9 Å². The summed E-state index contributed by atoms with van der Waals surface area (Å²) in [5, 5.41) is 11.4. The quantitative estimate of drug-likeness (QED) is 0.856. The van der Waals surface area contributed by atoms with Crippen molar-refractivity contribution in [3.05, 3.63) is 51.5 Å². The molecule has 0 saturated carbocycles. The molecule has 0 atom stereocenters. The molecule has 0 aliphatic carbocycles. The van der Waals surface area contributed by atoms with Crippen LogP contribution in [0.2, 0.25) is 0 Å². The summed E-state index contributed by atoms with van der Waals surface area (Å²) < 4.78 is 13.6. The number of aliphatic hydroxyl groups excluding tert-OH is 1. The predicted molar refractivity (Wildman–Crippen MR) is 82.0 cm³/mol. The van der Waals surface area contributed by atoms with Crippen LogP contribution in [0.25, 0.3) is 0 Å². The van der Waals surface area contributed by atoms with Crippen LogP contribution >= 0.6 is 11.3 Å². The molecule has 0 fully saturated rings. The number of thiophene rings is 1. The van der Waals surface area contributed by atoms with E-state index in [4.69, 9.17) is 5.11 Å². The molecule has 0 saturated heterocycles. The SMILES string of the molecule is Cc1ccc(C(=O)Nc2ccc(F)c(C#CCCO)c2)s1. The van der Waals surface area contributed by atoms with Crippen LogP contribution in [0.1, 0.15) is 26.5 Å². The van der Waals surface area contributed by atoms with Crippen LogP contribution in [0.15, 0.2) is 30.3 Å². The predicted octanol–water partition coefficient (Wildman–Crippen LogP) is 3.18. The van der Waals surface area contributed by atoms with Crippen molar-refractivity contribution in [1.82, 2.24) is 0 Å². The molecule has 0 unspecified atom stereocenters. The Morgan fingerprint density at radius 3 is 2.86 bits per heavy atom. The first-order chi connectivity index (χ1) is 10.1. The van der Waals surface area contributed by atoms with Crippen LogP contribution in [-0.2, 0) is 0 Å². The highest BCUT2D eigenvalue weighted by molar-refractivity contribution is 7.14. The highest BCUT2D eigenvalue weighted by atomic mass is 32.1. The van der Waals surface area contributed by atoms with Gasteiger partial charge in [0, 0.05) is 17.0 Å². The molecule has 0 bridgehead atoms. The molecule has 5 heteroatoms. The van der Waals surface area contributed by atoms with Gasteiger partial charge in [-0.1, -0.05) is 11.8 Å². The van der Waals surface area contributed by atoms with Crippen molar-refractivity contribution in [2.45, 2.75) is 13.3 Å². The summed E-state index contributed by atoms with van der Waals surface area (Å²) in [6, 6.07) is 7.86. The van der Waals surface area contributed by atoms with Gasteiger partial charge >= 0.3 is 0 Å². The van der Waals surface area contributed by atoms with Gasteiger partial charge in [-0.25, -0.2) is 4.39 Å². The summed E-state index contributed by atoms with van der Waals surface area (Å²) in [5.74, 6) is 4.61. The van der Waals surface area contributed by atoms with Crippen molar-refractivity contribution in [2.24, 2.45) is 0 Å². The van der Waals surface area contributed by atoms with Gasteiger partial charge in [0.2, 0.25) is 0 Å². The Morgan fingerprint density at radius 1 is 1.38 bits per heavy atom. The first-order valence-corrected chi connectivity index (χ1v) is 7.19. The Labute approximate surface area is 126 Å². The van der Waals surface area contributed by atoms with E-state index in [9.17, 15) is 9.18 Å². The molecule has 0 aliphatic rings. The number of carbonyl (C=O) groups excluding carboxylic acids is 1. The van der Waals surface area contributed by atoms with Crippen LogP contribution in [-0.4, -0.2) is 17.6 Å². The van der Waals surface area contributed by atoms with Crippen LogP contribution in [0.3, 0.4) is 0 Å². The minimum atomic E-state index is -0.453. The third kappa shape index (κ3) is 4.15. The van der Waals surface area contributed by atoms with E-state index < -0.39 is 5.82 Å². The number of rotatable bonds is 3. The zero-order chi connectivity index (χ0) is 15.2. The van der Waals surface area contributed by atoms with E-state index in [-0.39, 0.29) is 24.5 Å². The molecule has 1 amide bonds. The second-order valence-electron chi connectivity index (χ2n) is 4.33. The summed E-state index contributed by atoms with van der Waals surface area (Å²) in [6.45, 7) is 1.86. The minimum absolute atomic E-state index is 0.0667. The lowest BCUT2D eigenvalue weighted by atomic mass is 10.2. The number of hydrogen-bond donors (Lipinski definition) is 2. The van der Waals surface area contributed by atoms with E-state index in [0.29, 0.717) is 10.6 Å². The number of aryl methyl sites for hydroxylation is 1. The lowest BCUT2D eigenvalue weighted by Gasteiger charge is -2.04. The maximum atomic E-state index is 13.6. The Bertz CT molecular complexity index is 713. The van der Waals surface area contributed by atoms with Crippen LogP contribution < -0.4 is 5.32 Å². The Kier molecular flexibility index (Phi) is 5.09. The van der Waals surface area contributed by atoms with E-state index >= 15 is 0 Å². The molecule has 3 nitrogen and oxygen atoms in total. The number of carbonyl (C=O) groups is 1. The van der Waals surface area contributed by atoms with Crippen molar-refractivity contribution in [3.8, 4) is 11.8 Å². The lowest BCUT2D eigenvalue weighted by Crippen LogP contribution is -2.10. The summed E-state index contributed by atoms with van der Waals surface area (Å²) in [4.78, 5) is 13.7.